The first-order valence-electron chi connectivity index (χ1n) is 4.21. The molecule has 2 heteroatoms. The van der Waals surface area contributed by atoms with Crippen molar-refractivity contribution in [1.82, 2.24) is 9.55 Å². The second kappa shape index (κ2) is 3.44. The molecule has 1 heterocycles. The Kier molecular flexibility index (Phi) is 2.13. The van der Waals surface area contributed by atoms with Gasteiger partial charge in [0.25, 0.3) is 0 Å². The van der Waals surface area contributed by atoms with E-state index in [1.54, 1.807) is 6.20 Å². The van der Waals surface area contributed by atoms with Gasteiger partial charge in [0.05, 0.1) is 6.33 Å². The lowest BCUT2D eigenvalue weighted by molar-refractivity contribution is 0.797. The molecule has 2 aromatic rings. The molecule has 0 spiro atoms. The van der Waals surface area contributed by atoms with Crippen LogP contribution in [0.2, 0.25) is 0 Å². The van der Waals surface area contributed by atoms with E-state index in [4.69, 9.17) is 0 Å². The molecular formula is C11H11N2. The summed E-state index contributed by atoms with van der Waals surface area (Å²) >= 11 is 0. The van der Waals surface area contributed by atoms with E-state index in [0.717, 1.165) is 12.1 Å². The van der Waals surface area contributed by atoms with Crippen LogP contribution >= 0.6 is 0 Å². The van der Waals surface area contributed by atoms with Crippen LogP contribution < -0.4 is 0 Å². The minimum Gasteiger partial charge on any atom is -0.333 e. The van der Waals surface area contributed by atoms with E-state index < -0.39 is 0 Å². The van der Waals surface area contributed by atoms with Gasteiger partial charge in [-0.15, -0.1) is 0 Å². The summed E-state index contributed by atoms with van der Waals surface area (Å²) in [6, 6.07) is 8.21. The summed E-state index contributed by atoms with van der Waals surface area (Å²) in [5.74, 6) is 0. The Morgan fingerprint density at radius 3 is 2.62 bits per heavy atom. The molecule has 1 aromatic carbocycles. The number of benzene rings is 1. The van der Waals surface area contributed by atoms with Crippen molar-refractivity contribution in [3.63, 3.8) is 0 Å². The zero-order valence-electron chi connectivity index (χ0n) is 7.35. The van der Waals surface area contributed by atoms with Crippen molar-refractivity contribution in [2.75, 3.05) is 0 Å². The van der Waals surface area contributed by atoms with E-state index in [1.807, 2.05) is 29.2 Å². The Labute approximate surface area is 77.9 Å². The van der Waals surface area contributed by atoms with E-state index >= 15 is 0 Å². The summed E-state index contributed by atoms with van der Waals surface area (Å²) in [7, 11) is 0. The van der Waals surface area contributed by atoms with Crippen LogP contribution in [-0.2, 0) is 6.54 Å². The van der Waals surface area contributed by atoms with Crippen LogP contribution in [0, 0.1) is 6.92 Å². The Balaban J connectivity index is 2.15. The topological polar surface area (TPSA) is 17.8 Å². The van der Waals surface area contributed by atoms with Gasteiger partial charge in [-0.05, 0) is 18.1 Å². The molecule has 1 radical (unpaired) electrons. The van der Waals surface area contributed by atoms with Crippen LogP contribution in [0.1, 0.15) is 11.1 Å². The highest BCUT2D eigenvalue weighted by molar-refractivity contribution is 5.24. The fourth-order valence-electron chi connectivity index (χ4n) is 1.24. The Morgan fingerprint density at radius 2 is 2.00 bits per heavy atom. The highest BCUT2D eigenvalue weighted by atomic mass is 15.0. The molecule has 0 aliphatic heterocycles. The minimum absolute atomic E-state index is 0.875. The molecule has 0 saturated heterocycles. The Bertz CT molecular complexity index is 359. The summed E-state index contributed by atoms with van der Waals surface area (Å²) in [4.78, 5) is 3.99. The maximum absolute atomic E-state index is 3.99. The van der Waals surface area contributed by atoms with Crippen molar-refractivity contribution in [3.8, 4) is 0 Å². The average Bonchev–Trinajstić information content (AvgIpc) is 2.62. The Hall–Kier alpha value is -1.57. The zero-order chi connectivity index (χ0) is 9.10. The number of hydrogen-bond acceptors (Lipinski definition) is 1. The van der Waals surface area contributed by atoms with Crippen molar-refractivity contribution in [1.29, 1.82) is 0 Å². The van der Waals surface area contributed by atoms with Gasteiger partial charge in [-0.2, -0.15) is 0 Å². The van der Waals surface area contributed by atoms with Crippen molar-refractivity contribution in [2.24, 2.45) is 0 Å². The summed E-state index contributed by atoms with van der Waals surface area (Å²) in [6.45, 7) is 4.71. The minimum atomic E-state index is 0.875. The molecule has 0 unspecified atom stereocenters. The highest BCUT2D eigenvalue weighted by Crippen LogP contribution is 2.04. The van der Waals surface area contributed by atoms with E-state index in [9.17, 15) is 0 Å². The molecule has 2 rings (SSSR count). The van der Waals surface area contributed by atoms with Gasteiger partial charge in [-0.3, -0.25) is 0 Å². The summed E-state index contributed by atoms with van der Waals surface area (Å²) < 4.78 is 2.04. The third kappa shape index (κ3) is 1.96. The maximum atomic E-state index is 3.99. The summed E-state index contributed by atoms with van der Waals surface area (Å²) in [5, 5.41) is 0. The quantitative estimate of drug-likeness (QED) is 0.676. The fraction of sp³-hybridized carbons (Fsp3) is 0.0909. The average molecular weight is 171 g/mol. The van der Waals surface area contributed by atoms with Crippen LogP contribution in [0.3, 0.4) is 0 Å². The zero-order valence-corrected chi connectivity index (χ0v) is 7.35. The van der Waals surface area contributed by atoms with Crippen LogP contribution in [0.5, 0.6) is 0 Å². The summed E-state index contributed by atoms with van der Waals surface area (Å²) in [5.41, 5.74) is 2.32. The fourth-order valence-corrected chi connectivity index (χ4v) is 1.24. The predicted octanol–water partition coefficient (Wildman–Crippen LogP) is 2.11. The monoisotopic (exact) mass is 171 g/mol. The van der Waals surface area contributed by atoms with Gasteiger partial charge in [-0.1, -0.05) is 24.3 Å². The second-order valence-electron chi connectivity index (χ2n) is 3.05. The van der Waals surface area contributed by atoms with Gasteiger partial charge in [0.2, 0.25) is 0 Å². The van der Waals surface area contributed by atoms with Gasteiger partial charge < -0.3 is 4.57 Å². The van der Waals surface area contributed by atoms with E-state index in [2.05, 4.69) is 24.0 Å². The number of rotatable bonds is 2. The Morgan fingerprint density at radius 1 is 1.23 bits per heavy atom. The molecule has 0 aliphatic rings. The number of nitrogens with zero attached hydrogens (tertiary/aromatic N) is 2. The lowest BCUT2D eigenvalue weighted by Gasteiger charge is -2.02. The van der Waals surface area contributed by atoms with Gasteiger partial charge >= 0.3 is 0 Å². The van der Waals surface area contributed by atoms with E-state index in [0.29, 0.717) is 0 Å². The molecule has 2 nitrogen and oxygen atoms in total. The molecule has 0 N–H and O–H groups in total. The molecule has 0 amide bonds. The normalized spacial score (nSPS) is 10.2. The molecule has 0 saturated carbocycles. The largest absolute Gasteiger partial charge is 0.333 e. The van der Waals surface area contributed by atoms with Crippen molar-refractivity contribution >= 4 is 0 Å². The lowest BCUT2D eigenvalue weighted by atomic mass is 10.1. The number of imidazole rings is 1. The number of aromatic nitrogens is 2. The van der Waals surface area contributed by atoms with E-state index in [-0.39, 0.29) is 0 Å². The SMILES string of the molecule is [CH2]c1ccc(Cn2ccnc2)cc1. The molecule has 13 heavy (non-hydrogen) atoms. The molecule has 0 fully saturated rings. The lowest BCUT2D eigenvalue weighted by Crippen LogP contribution is -1.95. The van der Waals surface area contributed by atoms with Crippen molar-refractivity contribution in [2.45, 2.75) is 6.54 Å². The molecule has 65 valence electrons. The molecular weight excluding hydrogens is 160 g/mol. The van der Waals surface area contributed by atoms with Gasteiger partial charge in [0.1, 0.15) is 0 Å². The van der Waals surface area contributed by atoms with Gasteiger partial charge in [-0.25, -0.2) is 4.98 Å². The smallest absolute Gasteiger partial charge is 0.0949 e. The third-order valence-electron chi connectivity index (χ3n) is 1.95. The van der Waals surface area contributed by atoms with Gasteiger partial charge in [0.15, 0.2) is 0 Å². The van der Waals surface area contributed by atoms with Crippen LogP contribution in [-0.4, -0.2) is 9.55 Å². The van der Waals surface area contributed by atoms with Crippen LogP contribution in [0.4, 0.5) is 0 Å². The van der Waals surface area contributed by atoms with E-state index in [1.165, 1.54) is 5.56 Å². The maximum Gasteiger partial charge on any atom is 0.0949 e. The predicted molar refractivity (Wildman–Crippen MR) is 52.2 cm³/mol. The first kappa shape index (κ1) is 8.05. The van der Waals surface area contributed by atoms with Gasteiger partial charge in [0, 0.05) is 18.9 Å². The van der Waals surface area contributed by atoms with Crippen molar-refractivity contribution in [3.05, 3.63) is 61.0 Å². The molecule has 1 aromatic heterocycles. The third-order valence-corrected chi connectivity index (χ3v) is 1.95. The second-order valence-corrected chi connectivity index (χ2v) is 3.05. The molecule has 0 bridgehead atoms. The summed E-state index contributed by atoms with van der Waals surface area (Å²) in [6.07, 6.45) is 5.56. The van der Waals surface area contributed by atoms with Crippen LogP contribution in [0.25, 0.3) is 0 Å². The van der Waals surface area contributed by atoms with Crippen LogP contribution in [0.15, 0.2) is 43.0 Å². The molecule has 0 aliphatic carbocycles. The van der Waals surface area contributed by atoms with Crippen molar-refractivity contribution < 1.29 is 0 Å². The molecule has 0 atom stereocenters. The number of hydrogen-bond donors (Lipinski definition) is 0. The highest BCUT2D eigenvalue weighted by Gasteiger charge is 1.92. The first-order chi connectivity index (χ1) is 6.34. The standard InChI is InChI=1S/C11H11N2/c1-10-2-4-11(5-3-10)8-13-7-6-12-9-13/h2-7,9H,1,8H2. The first-order valence-corrected chi connectivity index (χ1v) is 4.21.